The van der Waals surface area contributed by atoms with Crippen LogP contribution in [0, 0.1) is 0 Å². The Kier molecular flexibility index (Phi) is 4.94. The van der Waals surface area contributed by atoms with Crippen molar-refractivity contribution in [3.8, 4) is 22.6 Å². The molecule has 1 fully saturated rings. The Balaban J connectivity index is 1.43. The Labute approximate surface area is 217 Å². The number of rotatable bonds is 4. The number of hydrogen-bond acceptors (Lipinski definition) is 5. The van der Waals surface area contributed by atoms with Gasteiger partial charge in [0.2, 0.25) is 6.79 Å². The zero-order valence-corrected chi connectivity index (χ0v) is 20.9. The van der Waals surface area contributed by atoms with Gasteiger partial charge in [-0.25, -0.2) is 4.90 Å². The first kappa shape index (κ1) is 21.7. The van der Waals surface area contributed by atoms with Crippen molar-refractivity contribution in [2.24, 2.45) is 0 Å². The van der Waals surface area contributed by atoms with Crippen LogP contribution >= 0.6 is 15.9 Å². The minimum atomic E-state index is -0.673. The first-order valence-electron chi connectivity index (χ1n) is 11.9. The summed E-state index contributed by atoms with van der Waals surface area (Å²) in [6.07, 6.45) is 0.467. The maximum atomic E-state index is 13.4. The van der Waals surface area contributed by atoms with E-state index in [9.17, 15) is 4.79 Å². The van der Waals surface area contributed by atoms with Crippen molar-refractivity contribution >= 4 is 21.9 Å². The molecule has 5 nitrogen and oxygen atoms in total. The third-order valence-corrected chi connectivity index (χ3v) is 8.23. The van der Waals surface area contributed by atoms with Gasteiger partial charge in [0.05, 0.1) is 0 Å². The molecule has 4 aromatic rings. The summed E-state index contributed by atoms with van der Waals surface area (Å²) in [7, 11) is 0. The lowest BCUT2D eigenvalue weighted by Crippen LogP contribution is -2.51. The molecule has 0 amide bonds. The molecule has 7 rings (SSSR count). The molecule has 36 heavy (non-hydrogen) atoms. The number of nitrogens with zero attached hydrogens (tertiary/aromatic N) is 1. The Bertz CT molecular complexity index is 1460. The molecule has 0 spiro atoms. The molecular weight excluding hydrogens is 518 g/mol. The molecule has 0 saturated carbocycles. The predicted molar refractivity (Wildman–Crippen MR) is 139 cm³/mol. The highest BCUT2D eigenvalue weighted by Crippen LogP contribution is 2.55. The van der Waals surface area contributed by atoms with E-state index in [1.54, 1.807) is 0 Å². The monoisotopic (exact) mass is 539 g/mol. The molecule has 0 aromatic heterocycles. The lowest BCUT2D eigenvalue weighted by atomic mass is 9.78. The first-order valence-corrected chi connectivity index (χ1v) is 12.7. The van der Waals surface area contributed by atoms with Crippen molar-refractivity contribution < 1.29 is 19.0 Å². The van der Waals surface area contributed by atoms with Gasteiger partial charge in [-0.3, -0.25) is 4.79 Å². The van der Waals surface area contributed by atoms with E-state index in [2.05, 4.69) is 93.6 Å². The molecular formula is C30H22BrNO4. The fourth-order valence-corrected chi connectivity index (χ4v) is 6.46. The van der Waals surface area contributed by atoms with Gasteiger partial charge in [-0.15, -0.1) is 0 Å². The number of carbonyl (C=O) groups excluding carboxylic acids is 1. The van der Waals surface area contributed by atoms with E-state index >= 15 is 0 Å². The number of hydrogen-bond donors (Lipinski definition) is 0. The molecule has 0 radical (unpaired) electrons. The van der Waals surface area contributed by atoms with Crippen LogP contribution in [0.15, 0.2) is 95.5 Å². The molecule has 0 unspecified atom stereocenters. The maximum Gasteiger partial charge on any atom is 0.325 e. The van der Waals surface area contributed by atoms with Crippen LogP contribution < -0.4 is 9.47 Å². The van der Waals surface area contributed by atoms with E-state index in [1.165, 1.54) is 11.1 Å². The molecule has 4 aromatic carbocycles. The van der Waals surface area contributed by atoms with Crippen molar-refractivity contribution in [1.29, 1.82) is 0 Å². The molecule has 3 aliphatic rings. The fraction of sp³-hybridized carbons (Fsp3) is 0.167. The second kappa shape index (κ2) is 8.22. The molecule has 1 saturated heterocycles. The largest absolute Gasteiger partial charge is 0.454 e. The lowest BCUT2D eigenvalue weighted by molar-refractivity contribution is -0.139. The second-order valence-electron chi connectivity index (χ2n) is 9.25. The highest BCUT2D eigenvalue weighted by Gasteiger charge is 2.55. The van der Waals surface area contributed by atoms with Crippen LogP contribution in [0.5, 0.6) is 11.5 Å². The van der Waals surface area contributed by atoms with Crippen molar-refractivity contribution in [2.45, 2.75) is 18.0 Å². The first-order chi connectivity index (χ1) is 17.7. The quantitative estimate of drug-likeness (QED) is 0.303. The van der Waals surface area contributed by atoms with Gasteiger partial charge in [-0.2, -0.15) is 0 Å². The van der Waals surface area contributed by atoms with Crippen molar-refractivity contribution in [2.75, 3.05) is 13.5 Å². The molecule has 0 bridgehead atoms. The zero-order valence-electron chi connectivity index (χ0n) is 19.3. The average Bonchev–Trinajstić information content (AvgIpc) is 3.60. The van der Waals surface area contributed by atoms with E-state index in [0.717, 1.165) is 26.7 Å². The van der Waals surface area contributed by atoms with E-state index in [4.69, 9.17) is 14.2 Å². The predicted octanol–water partition coefficient (Wildman–Crippen LogP) is 5.88. The van der Waals surface area contributed by atoms with Crippen molar-refractivity contribution in [3.63, 3.8) is 0 Å². The molecule has 1 atom stereocenters. The van der Waals surface area contributed by atoms with Gasteiger partial charge in [0.15, 0.2) is 11.5 Å². The number of halogens is 1. The number of cyclic esters (lactones) is 1. The molecule has 1 aliphatic carbocycles. The van der Waals surface area contributed by atoms with E-state index in [0.29, 0.717) is 17.9 Å². The minimum Gasteiger partial charge on any atom is -0.454 e. The summed E-state index contributed by atoms with van der Waals surface area (Å²) in [5.74, 6) is 1.17. The van der Waals surface area contributed by atoms with Crippen LogP contribution in [-0.2, 0) is 21.5 Å². The SMILES string of the molecule is O=C1OCN(C2(c3ccccc3)c3ccccc3-c3ccccc32)[C@@H]1Cc1cc2c(cc1Br)OCO2. The number of benzene rings is 4. The topological polar surface area (TPSA) is 48.0 Å². The van der Waals surface area contributed by atoms with Gasteiger partial charge in [-0.05, 0) is 45.5 Å². The fourth-order valence-electron chi connectivity index (χ4n) is 5.97. The standard InChI is InChI=1S/C30H22BrNO4/c31-25-16-28-27(35-18-36-28)15-19(25)14-26-29(33)34-17-32(26)30(20-8-2-1-3-9-20)23-12-6-4-10-21(23)22-11-5-7-13-24(22)30/h1-13,15-16,26H,14,17-18H2/t26-/m1/s1. The summed E-state index contributed by atoms with van der Waals surface area (Å²) in [5, 5.41) is 0. The third-order valence-electron chi connectivity index (χ3n) is 7.50. The number of carbonyl (C=O) groups is 1. The Hall–Kier alpha value is -3.61. The summed E-state index contributed by atoms with van der Waals surface area (Å²) >= 11 is 3.68. The van der Waals surface area contributed by atoms with Gasteiger partial charge < -0.3 is 14.2 Å². The Morgan fingerprint density at radius 2 is 1.42 bits per heavy atom. The Morgan fingerprint density at radius 3 is 2.11 bits per heavy atom. The Morgan fingerprint density at radius 1 is 0.806 bits per heavy atom. The number of fused-ring (bicyclic) bond motifs is 4. The van der Waals surface area contributed by atoms with Gasteiger partial charge in [-0.1, -0.05) is 94.8 Å². The normalized spacial score (nSPS) is 19.1. The van der Waals surface area contributed by atoms with E-state index < -0.39 is 11.6 Å². The lowest BCUT2D eigenvalue weighted by Gasteiger charge is -2.42. The van der Waals surface area contributed by atoms with Crippen molar-refractivity contribution in [1.82, 2.24) is 4.90 Å². The summed E-state index contributed by atoms with van der Waals surface area (Å²) in [6.45, 7) is 0.400. The molecule has 6 heteroatoms. The van der Waals surface area contributed by atoms with E-state index in [-0.39, 0.29) is 19.5 Å². The second-order valence-corrected chi connectivity index (χ2v) is 10.1. The van der Waals surface area contributed by atoms with Crippen LogP contribution in [0.2, 0.25) is 0 Å². The van der Waals surface area contributed by atoms with Gasteiger partial charge in [0.25, 0.3) is 0 Å². The number of ether oxygens (including phenoxy) is 3. The van der Waals surface area contributed by atoms with Crippen LogP contribution in [-0.4, -0.2) is 30.4 Å². The highest BCUT2D eigenvalue weighted by molar-refractivity contribution is 9.10. The van der Waals surface area contributed by atoms with Gasteiger partial charge in [0.1, 0.15) is 18.3 Å². The third kappa shape index (κ3) is 3.01. The summed E-state index contributed by atoms with van der Waals surface area (Å²) < 4.78 is 17.8. The van der Waals surface area contributed by atoms with Gasteiger partial charge in [0, 0.05) is 10.9 Å². The van der Waals surface area contributed by atoms with Crippen LogP contribution in [0.3, 0.4) is 0 Å². The van der Waals surface area contributed by atoms with Crippen LogP contribution in [0.4, 0.5) is 0 Å². The smallest absolute Gasteiger partial charge is 0.325 e. The zero-order chi connectivity index (χ0) is 24.3. The summed E-state index contributed by atoms with van der Waals surface area (Å²) in [4.78, 5) is 15.6. The van der Waals surface area contributed by atoms with Crippen molar-refractivity contribution in [3.05, 3.63) is 118 Å². The summed E-state index contributed by atoms with van der Waals surface area (Å²) in [6, 6.07) is 30.8. The molecule has 2 heterocycles. The number of esters is 1. The van der Waals surface area contributed by atoms with Gasteiger partial charge >= 0.3 is 5.97 Å². The average molecular weight is 540 g/mol. The van der Waals surface area contributed by atoms with Crippen LogP contribution in [0.25, 0.3) is 11.1 Å². The maximum absolute atomic E-state index is 13.4. The van der Waals surface area contributed by atoms with Crippen LogP contribution in [0.1, 0.15) is 22.3 Å². The van der Waals surface area contributed by atoms with E-state index in [1.807, 2.05) is 18.2 Å². The molecule has 178 valence electrons. The molecule has 0 N–H and O–H groups in total. The molecule has 2 aliphatic heterocycles. The highest BCUT2D eigenvalue weighted by atomic mass is 79.9. The minimum absolute atomic E-state index is 0.198. The summed E-state index contributed by atoms with van der Waals surface area (Å²) in [5.41, 5.74) is 6.08.